The number of esters is 1. The van der Waals surface area contributed by atoms with E-state index >= 15 is 0 Å². The lowest BCUT2D eigenvalue weighted by molar-refractivity contribution is -0.162. The highest BCUT2D eigenvalue weighted by Gasteiger charge is 2.35. The second kappa shape index (κ2) is 18.1. The van der Waals surface area contributed by atoms with E-state index in [9.17, 15) is 14.7 Å². The van der Waals surface area contributed by atoms with E-state index in [1.807, 2.05) is 19.1 Å². The predicted molar refractivity (Wildman–Crippen MR) is 133 cm³/mol. The van der Waals surface area contributed by atoms with E-state index in [1.165, 1.54) is 77.0 Å². The van der Waals surface area contributed by atoms with Crippen LogP contribution < -0.4 is 0 Å². The van der Waals surface area contributed by atoms with E-state index in [4.69, 9.17) is 4.74 Å². The highest BCUT2D eigenvalue weighted by molar-refractivity contribution is 5.81. The fourth-order valence-electron chi connectivity index (χ4n) is 4.64. The molecule has 3 unspecified atom stereocenters. The summed E-state index contributed by atoms with van der Waals surface area (Å²) in [6, 6.07) is 0. The molecule has 1 aliphatic rings. The molecule has 186 valence electrons. The lowest BCUT2D eigenvalue weighted by atomic mass is 9.83. The zero-order chi connectivity index (χ0) is 23.6. The number of rotatable bonds is 19. The van der Waals surface area contributed by atoms with E-state index in [1.54, 1.807) is 0 Å². The van der Waals surface area contributed by atoms with Gasteiger partial charge in [-0.05, 0) is 38.0 Å². The first-order valence-electron chi connectivity index (χ1n) is 13.5. The van der Waals surface area contributed by atoms with Gasteiger partial charge in [0.05, 0.1) is 11.8 Å². The second-order valence-corrected chi connectivity index (χ2v) is 10.2. The van der Waals surface area contributed by atoms with E-state index < -0.39 is 17.8 Å². The van der Waals surface area contributed by atoms with Crippen molar-refractivity contribution in [3.63, 3.8) is 0 Å². The SMILES string of the molecule is CCC(CCCCCCCCCCCCCCC(C)C)OC(=O)C1CC=CCC1C(=O)O. The normalized spacial score (nSPS) is 19.2. The minimum atomic E-state index is -0.897. The molecule has 0 aromatic heterocycles. The average Bonchev–Trinajstić information content (AvgIpc) is 2.78. The van der Waals surface area contributed by atoms with Crippen molar-refractivity contribution >= 4 is 11.9 Å². The van der Waals surface area contributed by atoms with Crippen molar-refractivity contribution in [2.75, 3.05) is 0 Å². The van der Waals surface area contributed by atoms with Crippen molar-refractivity contribution in [2.24, 2.45) is 17.8 Å². The Bertz CT molecular complexity index is 526. The van der Waals surface area contributed by atoms with Gasteiger partial charge in [0.15, 0.2) is 0 Å². The van der Waals surface area contributed by atoms with Crippen molar-refractivity contribution in [1.29, 1.82) is 0 Å². The molecule has 0 fully saturated rings. The average molecular weight is 451 g/mol. The maximum absolute atomic E-state index is 12.5. The smallest absolute Gasteiger partial charge is 0.310 e. The second-order valence-electron chi connectivity index (χ2n) is 10.2. The number of carboxylic acids is 1. The topological polar surface area (TPSA) is 63.6 Å². The highest BCUT2D eigenvalue weighted by Crippen LogP contribution is 2.28. The predicted octanol–water partition coefficient (Wildman–Crippen LogP) is 8.09. The van der Waals surface area contributed by atoms with Gasteiger partial charge in [0.1, 0.15) is 6.10 Å². The molecule has 1 rings (SSSR count). The molecule has 0 amide bonds. The highest BCUT2D eigenvalue weighted by atomic mass is 16.5. The molecule has 0 aliphatic heterocycles. The molecule has 3 atom stereocenters. The third-order valence-corrected chi connectivity index (χ3v) is 6.85. The van der Waals surface area contributed by atoms with Crippen LogP contribution in [0.5, 0.6) is 0 Å². The Balaban J connectivity index is 2.01. The van der Waals surface area contributed by atoms with E-state index in [2.05, 4.69) is 13.8 Å². The molecule has 4 heteroatoms. The molecule has 0 bridgehead atoms. The number of hydrogen-bond donors (Lipinski definition) is 1. The number of hydrogen-bond acceptors (Lipinski definition) is 3. The van der Waals surface area contributed by atoms with Gasteiger partial charge in [-0.3, -0.25) is 9.59 Å². The summed E-state index contributed by atoms with van der Waals surface area (Å²) in [5.41, 5.74) is 0. The minimum absolute atomic E-state index is 0.0802. The van der Waals surface area contributed by atoms with Gasteiger partial charge in [0.2, 0.25) is 0 Å². The molecule has 1 aliphatic carbocycles. The van der Waals surface area contributed by atoms with Gasteiger partial charge in [-0.15, -0.1) is 0 Å². The number of aliphatic carboxylic acids is 1. The Kier molecular flexibility index (Phi) is 16.3. The quantitative estimate of drug-likeness (QED) is 0.123. The van der Waals surface area contributed by atoms with Gasteiger partial charge >= 0.3 is 11.9 Å². The summed E-state index contributed by atoms with van der Waals surface area (Å²) in [6.07, 6.45) is 23.6. The van der Waals surface area contributed by atoms with E-state index in [0.29, 0.717) is 12.8 Å². The Labute approximate surface area is 197 Å². The zero-order valence-corrected chi connectivity index (χ0v) is 21.2. The fraction of sp³-hybridized carbons (Fsp3) is 0.857. The molecule has 0 saturated carbocycles. The van der Waals surface area contributed by atoms with Gasteiger partial charge in [-0.2, -0.15) is 0 Å². The third kappa shape index (κ3) is 13.3. The van der Waals surface area contributed by atoms with Crippen LogP contribution in [0, 0.1) is 17.8 Å². The summed E-state index contributed by atoms with van der Waals surface area (Å²) in [5, 5.41) is 9.36. The van der Waals surface area contributed by atoms with Crippen molar-refractivity contribution in [2.45, 2.75) is 136 Å². The molecular formula is C28H50O4. The molecule has 1 N–H and O–H groups in total. The molecule has 0 aromatic rings. The van der Waals surface area contributed by atoms with Crippen molar-refractivity contribution in [3.8, 4) is 0 Å². The summed E-state index contributed by atoms with van der Waals surface area (Å²) in [6.45, 7) is 6.66. The van der Waals surface area contributed by atoms with Crippen LogP contribution in [-0.2, 0) is 14.3 Å². The third-order valence-electron chi connectivity index (χ3n) is 6.85. The van der Waals surface area contributed by atoms with Gasteiger partial charge in [0, 0.05) is 0 Å². The molecule has 32 heavy (non-hydrogen) atoms. The van der Waals surface area contributed by atoms with Crippen LogP contribution in [0.3, 0.4) is 0 Å². The maximum Gasteiger partial charge on any atom is 0.310 e. The van der Waals surface area contributed by atoms with Crippen molar-refractivity contribution in [3.05, 3.63) is 12.2 Å². The molecular weight excluding hydrogens is 400 g/mol. The van der Waals surface area contributed by atoms with Crippen molar-refractivity contribution in [1.82, 2.24) is 0 Å². The fourth-order valence-corrected chi connectivity index (χ4v) is 4.64. The number of unbranched alkanes of at least 4 members (excludes halogenated alkanes) is 11. The summed E-state index contributed by atoms with van der Waals surface area (Å²) in [5.74, 6) is -1.55. The number of carbonyl (C=O) groups excluding carboxylic acids is 1. The van der Waals surface area contributed by atoms with Crippen LogP contribution in [0.25, 0.3) is 0 Å². The largest absolute Gasteiger partial charge is 0.481 e. The van der Waals surface area contributed by atoms with Crippen LogP contribution in [0.2, 0.25) is 0 Å². The van der Waals surface area contributed by atoms with Gasteiger partial charge < -0.3 is 9.84 Å². The molecule has 4 nitrogen and oxygen atoms in total. The first kappa shape index (κ1) is 28.7. The summed E-state index contributed by atoms with van der Waals surface area (Å²) >= 11 is 0. The van der Waals surface area contributed by atoms with E-state index in [-0.39, 0.29) is 12.1 Å². The lowest BCUT2D eigenvalue weighted by Crippen LogP contribution is -2.34. The van der Waals surface area contributed by atoms with E-state index in [0.717, 1.165) is 25.2 Å². The van der Waals surface area contributed by atoms with Crippen LogP contribution in [-0.4, -0.2) is 23.1 Å². The van der Waals surface area contributed by atoms with Gasteiger partial charge in [-0.1, -0.05) is 110 Å². The van der Waals surface area contributed by atoms with Gasteiger partial charge in [-0.25, -0.2) is 0 Å². The minimum Gasteiger partial charge on any atom is -0.481 e. The Morgan fingerprint density at radius 3 is 1.66 bits per heavy atom. The van der Waals surface area contributed by atoms with Crippen LogP contribution >= 0.6 is 0 Å². The Morgan fingerprint density at radius 2 is 1.22 bits per heavy atom. The first-order valence-corrected chi connectivity index (χ1v) is 13.5. The van der Waals surface area contributed by atoms with Gasteiger partial charge in [0.25, 0.3) is 0 Å². The van der Waals surface area contributed by atoms with Crippen LogP contribution in [0.4, 0.5) is 0 Å². The number of carboxylic acid groups (broad SMARTS) is 1. The van der Waals surface area contributed by atoms with Crippen LogP contribution in [0.15, 0.2) is 12.2 Å². The maximum atomic E-state index is 12.5. The Morgan fingerprint density at radius 1 is 0.781 bits per heavy atom. The number of allylic oxidation sites excluding steroid dienone is 2. The number of ether oxygens (including phenoxy) is 1. The van der Waals surface area contributed by atoms with Crippen molar-refractivity contribution < 1.29 is 19.4 Å². The molecule has 0 saturated heterocycles. The van der Waals surface area contributed by atoms with Crippen LogP contribution in [0.1, 0.15) is 130 Å². The molecule has 0 spiro atoms. The summed E-state index contributed by atoms with van der Waals surface area (Å²) in [7, 11) is 0. The molecule has 0 heterocycles. The number of carbonyl (C=O) groups is 2. The first-order chi connectivity index (χ1) is 15.5. The standard InChI is InChI=1S/C28H50O4/c1-4-24(32-28(31)26-22-18-17-21-25(26)27(29)30)20-16-14-12-10-8-6-5-7-9-11-13-15-19-23(2)3/h17-18,23-26H,4-16,19-22H2,1-3H3,(H,29,30). The zero-order valence-electron chi connectivity index (χ0n) is 21.2. The monoisotopic (exact) mass is 450 g/mol. The molecule has 0 aromatic carbocycles. The lowest BCUT2D eigenvalue weighted by Gasteiger charge is -2.26. The summed E-state index contributed by atoms with van der Waals surface area (Å²) < 4.78 is 5.70. The Hall–Kier alpha value is -1.32. The summed E-state index contributed by atoms with van der Waals surface area (Å²) in [4.78, 5) is 23.9. The molecule has 0 radical (unpaired) electrons.